The number of benzene rings is 1. The number of hydrogen-bond acceptors (Lipinski definition) is 5. The molecule has 1 aromatic carbocycles. The summed E-state index contributed by atoms with van der Waals surface area (Å²) in [5.74, 6) is 1.52. The van der Waals surface area contributed by atoms with Crippen molar-refractivity contribution in [1.82, 2.24) is 15.6 Å². The number of rotatable bonds is 7. The molecule has 0 radical (unpaired) electrons. The molecule has 35 heavy (non-hydrogen) atoms. The number of hydrogen-bond donors (Lipinski definition) is 2. The third-order valence-electron chi connectivity index (χ3n) is 7.25. The summed E-state index contributed by atoms with van der Waals surface area (Å²) in [6.07, 6.45) is 6.57. The Morgan fingerprint density at radius 1 is 1.09 bits per heavy atom. The van der Waals surface area contributed by atoms with Gasteiger partial charge < -0.3 is 20.3 Å². The lowest BCUT2D eigenvalue weighted by atomic mass is 9.92. The average molecular weight is 479 g/mol. The molecule has 2 aromatic rings. The van der Waals surface area contributed by atoms with Crippen molar-refractivity contribution in [1.29, 1.82) is 0 Å². The first-order chi connectivity index (χ1) is 16.7. The first-order valence-corrected chi connectivity index (χ1v) is 12.6. The molecular weight excluding hydrogens is 440 g/mol. The molecule has 2 N–H and O–H groups in total. The highest BCUT2D eigenvalue weighted by molar-refractivity contribution is 5.96. The Hall–Kier alpha value is -3.09. The topological polar surface area (TPSA) is 83.6 Å². The molecule has 2 aliphatic rings. The minimum Gasteiger partial charge on any atom is -0.496 e. The summed E-state index contributed by atoms with van der Waals surface area (Å²) in [4.78, 5) is 32.5. The SMILES string of the molecule is COc1cccc(C(=O)N[C@H]2C[C@H]3CC[C@@H](C2)N3c2ccc(C(=O)NCCC(C)(C)C)cn2)c1C. The fourth-order valence-electron chi connectivity index (χ4n) is 5.34. The zero-order valence-electron chi connectivity index (χ0n) is 21.6. The van der Waals surface area contributed by atoms with Crippen LogP contribution in [0.15, 0.2) is 36.5 Å². The molecule has 2 amide bonds. The normalized spacial score (nSPS) is 21.5. The zero-order chi connectivity index (χ0) is 25.2. The van der Waals surface area contributed by atoms with Crippen molar-refractivity contribution in [3.8, 4) is 5.75 Å². The number of anilines is 1. The summed E-state index contributed by atoms with van der Waals surface area (Å²) in [7, 11) is 1.62. The Kier molecular flexibility index (Phi) is 7.33. The van der Waals surface area contributed by atoms with E-state index in [1.807, 2.05) is 37.3 Å². The molecule has 0 unspecified atom stereocenters. The van der Waals surface area contributed by atoms with Gasteiger partial charge in [-0.05, 0) is 68.7 Å². The van der Waals surface area contributed by atoms with Crippen molar-refractivity contribution in [2.24, 2.45) is 5.41 Å². The molecule has 2 bridgehead atoms. The number of carbonyl (C=O) groups is 2. The molecule has 188 valence electrons. The maximum Gasteiger partial charge on any atom is 0.252 e. The van der Waals surface area contributed by atoms with E-state index in [-0.39, 0.29) is 23.3 Å². The Morgan fingerprint density at radius 3 is 2.40 bits per heavy atom. The van der Waals surface area contributed by atoms with Gasteiger partial charge in [0.1, 0.15) is 11.6 Å². The Bertz CT molecular complexity index is 1050. The maximum absolute atomic E-state index is 13.0. The Balaban J connectivity index is 1.36. The standard InChI is InChI=1S/C28H38N4O3/c1-18-23(7-6-8-24(18)35-5)27(34)31-20-15-21-10-11-22(16-20)32(21)25-12-9-19(17-30-25)26(33)29-14-13-28(2,3)4/h6-9,12,17,20-22H,10-11,13-16H2,1-5H3,(H,29,33)(H,31,34)/t20-,21+,22-. The van der Waals surface area contributed by atoms with Crippen LogP contribution in [0.1, 0.15) is 79.2 Å². The predicted molar refractivity (Wildman–Crippen MR) is 138 cm³/mol. The first kappa shape index (κ1) is 25.0. The van der Waals surface area contributed by atoms with Crippen LogP contribution in [0.2, 0.25) is 0 Å². The number of aromatic nitrogens is 1. The molecule has 1 aromatic heterocycles. The van der Waals surface area contributed by atoms with Gasteiger partial charge in [0.2, 0.25) is 0 Å². The molecule has 7 nitrogen and oxygen atoms in total. The van der Waals surface area contributed by atoms with E-state index in [1.54, 1.807) is 13.3 Å². The van der Waals surface area contributed by atoms with Crippen molar-refractivity contribution >= 4 is 17.6 Å². The van der Waals surface area contributed by atoms with Crippen LogP contribution in [0, 0.1) is 12.3 Å². The summed E-state index contributed by atoms with van der Waals surface area (Å²) in [6.45, 7) is 9.07. The molecule has 7 heteroatoms. The van der Waals surface area contributed by atoms with Crippen molar-refractivity contribution in [2.75, 3.05) is 18.6 Å². The second-order valence-corrected chi connectivity index (χ2v) is 11.0. The van der Waals surface area contributed by atoms with Gasteiger partial charge in [-0.25, -0.2) is 4.98 Å². The molecule has 0 spiro atoms. The van der Waals surface area contributed by atoms with Crippen LogP contribution in [0.25, 0.3) is 0 Å². The lowest BCUT2D eigenvalue weighted by Crippen LogP contribution is -2.50. The Morgan fingerprint density at radius 2 is 1.80 bits per heavy atom. The number of fused-ring (bicyclic) bond motifs is 2. The first-order valence-electron chi connectivity index (χ1n) is 12.6. The van der Waals surface area contributed by atoms with E-state index < -0.39 is 0 Å². The van der Waals surface area contributed by atoms with Crippen molar-refractivity contribution in [3.63, 3.8) is 0 Å². The van der Waals surface area contributed by atoms with E-state index >= 15 is 0 Å². The number of nitrogens with one attached hydrogen (secondary N) is 2. The van der Waals surface area contributed by atoms with Crippen LogP contribution in [-0.4, -0.2) is 48.6 Å². The number of amides is 2. The van der Waals surface area contributed by atoms with Gasteiger partial charge in [-0.2, -0.15) is 0 Å². The number of methoxy groups -OCH3 is 1. The highest BCUT2D eigenvalue weighted by Gasteiger charge is 2.42. The number of carbonyl (C=O) groups excluding carboxylic acids is 2. The molecule has 3 heterocycles. The second kappa shape index (κ2) is 10.3. The van der Waals surface area contributed by atoms with Gasteiger partial charge in [-0.1, -0.05) is 26.8 Å². The highest BCUT2D eigenvalue weighted by Crippen LogP contribution is 2.38. The smallest absolute Gasteiger partial charge is 0.252 e. The van der Waals surface area contributed by atoms with Gasteiger partial charge in [0.15, 0.2) is 0 Å². The number of nitrogens with zero attached hydrogens (tertiary/aromatic N) is 2. The molecule has 2 aliphatic heterocycles. The summed E-state index contributed by atoms with van der Waals surface area (Å²) in [5, 5.41) is 6.25. The summed E-state index contributed by atoms with van der Waals surface area (Å²) >= 11 is 0. The number of piperidine rings is 1. The van der Waals surface area contributed by atoms with Gasteiger partial charge >= 0.3 is 0 Å². The maximum atomic E-state index is 13.0. The van der Waals surface area contributed by atoms with Gasteiger partial charge in [-0.3, -0.25) is 9.59 Å². The van der Waals surface area contributed by atoms with E-state index in [4.69, 9.17) is 4.74 Å². The third-order valence-corrected chi connectivity index (χ3v) is 7.25. The van der Waals surface area contributed by atoms with Crippen molar-refractivity contribution in [3.05, 3.63) is 53.2 Å². The van der Waals surface area contributed by atoms with E-state index in [2.05, 4.69) is 41.3 Å². The lowest BCUT2D eigenvalue weighted by molar-refractivity contribution is 0.0923. The number of pyridine rings is 1. The van der Waals surface area contributed by atoms with E-state index in [0.29, 0.717) is 29.8 Å². The number of ether oxygens (including phenoxy) is 1. The monoisotopic (exact) mass is 478 g/mol. The summed E-state index contributed by atoms with van der Waals surface area (Å²) < 4.78 is 5.37. The van der Waals surface area contributed by atoms with Crippen LogP contribution in [0.5, 0.6) is 5.75 Å². The van der Waals surface area contributed by atoms with Gasteiger partial charge in [0.05, 0.1) is 12.7 Å². The third kappa shape index (κ3) is 5.77. The van der Waals surface area contributed by atoms with E-state index in [1.165, 1.54) is 0 Å². The molecule has 2 saturated heterocycles. The quantitative estimate of drug-likeness (QED) is 0.612. The summed E-state index contributed by atoms with van der Waals surface area (Å²) in [6, 6.07) is 10.2. The predicted octanol–water partition coefficient (Wildman–Crippen LogP) is 4.49. The van der Waals surface area contributed by atoms with Gasteiger partial charge in [-0.15, -0.1) is 0 Å². The highest BCUT2D eigenvalue weighted by atomic mass is 16.5. The fraction of sp³-hybridized carbons (Fsp3) is 0.536. The average Bonchev–Trinajstić information content (AvgIpc) is 3.08. The molecule has 2 fully saturated rings. The minimum absolute atomic E-state index is 0.0424. The van der Waals surface area contributed by atoms with Gasteiger partial charge in [0.25, 0.3) is 11.8 Å². The van der Waals surface area contributed by atoms with Gasteiger partial charge in [0, 0.05) is 42.0 Å². The van der Waals surface area contributed by atoms with Crippen molar-refractivity contribution < 1.29 is 14.3 Å². The summed E-state index contributed by atoms with van der Waals surface area (Å²) in [5.41, 5.74) is 2.30. The molecule has 4 rings (SSSR count). The molecular formula is C28H38N4O3. The van der Waals surface area contributed by atoms with Crippen LogP contribution in [0.3, 0.4) is 0 Å². The fourth-order valence-corrected chi connectivity index (χ4v) is 5.34. The van der Waals surface area contributed by atoms with Crippen LogP contribution in [0.4, 0.5) is 5.82 Å². The minimum atomic E-state index is -0.0782. The zero-order valence-corrected chi connectivity index (χ0v) is 21.6. The molecule has 3 atom stereocenters. The molecule has 0 aliphatic carbocycles. The molecule has 0 saturated carbocycles. The van der Waals surface area contributed by atoms with Crippen LogP contribution in [-0.2, 0) is 0 Å². The van der Waals surface area contributed by atoms with Crippen LogP contribution < -0.4 is 20.3 Å². The van der Waals surface area contributed by atoms with E-state index in [0.717, 1.165) is 49.2 Å². The lowest BCUT2D eigenvalue weighted by Gasteiger charge is -2.40. The largest absolute Gasteiger partial charge is 0.496 e. The van der Waals surface area contributed by atoms with E-state index in [9.17, 15) is 9.59 Å². The Labute approximate surface area is 208 Å². The van der Waals surface area contributed by atoms with Crippen molar-refractivity contribution in [2.45, 2.75) is 77.9 Å². The van der Waals surface area contributed by atoms with Crippen LogP contribution >= 0.6 is 0 Å². The second-order valence-electron chi connectivity index (χ2n) is 11.0.